The molecule has 0 aliphatic heterocycles. The molecule has 1 heterocycles. The first kappa shape index (κ1) is 14.8. The van der Waals surface area contributed by atoms with Gasteiger partial charge in [-0.3, -0.25) is 4.79 Å². The zero-order valence-electron chi connectivity index (χ0n) is 12.7. The Morgan fingerprint density at radius 1 is 1.26 bits per heavy atom. The summed E-state index contributed by atoms with van der Waals surface area (Å²) in [4.78, 5) is 11.4. The third-order valence-electron chi connectivity index (χ3n) is 3.82. The number of aryl methyl sites for hydroxylation is 1. The van der Waals surface area contributed by atoms with E-state index in [4.69, 9.17) is 5.73 Å². The summed E-state index contributed by atoms with van der Waals surface area (Å²) < 4.78 is 1.79. The summed E-state index contributed by atoms with van der Waals surface area (Å²) >= 11 is 0. The van der Waals surface area contributed by atoms with Crippen LogP contribution in [0.3, 0.4) is 0 Å². The summed E-state index contributed by atoms with van der Waals surface area (Å²) in [6, 6.07) is 13.1. The van der Waals surface area contributed by atoms with Gasteiger partial charge in [0.05, 0.1) is 11.3 Å². The first-order chi connectivity index (χ1) is 11.0. The van der Waals surface area contributed by atoms with Crippen LogP contribution in [0, 0.1) is 6.92 Å². The highest BCUT2D eigenvalue weighted by molar-refractivity contribution is 5.95. The number of amides is 1. The van der Waals surface area contributed by atoms with Crippen molar-refractivity contribution >= 4 is 5.91 Å². The number of nitrogens with two attached hydrogens (primary N) is 1. The lowest BCUT2D eigenvalue weighted by molar-refractivity contribution is 0.0997. The van der Waals surface area contributed by atoms with Gasteiger partial charge in [0, 0.05) is 12.4 Å². The Hall–Kier alpha value is -3.08. The second-order valence-electron chi connectivity index (χ2n) is 5.45. The molecule has 5 heteroatoms. The van der Waals surface area contributed by atoms with Crippen LogP contribution in [0.2, 0.25) is 0 Å². The van der Waals surface area contributed by atoms with E-state index in [0.717, 1.165) is 22.4 Å². The van der Waals surface area contributed by atoms with Crippen LogP contribution in [0.4, 0.5) is 0 Å². The van der Waals surface area contributed by atoms with Gasteiger partial charge < -0.3 is 10.8 Å². The molecule has 0 aliphatic carbocycles. The molecular formula is C18H17N3O2. The van der Waals surface area contributed by atoms with E-state index < -0.39 is 5.91 Å². The molecule has 5 nitrogen and oxygen atoms in total. The zero-order valence-corrected chi connectivity index (χ0v) is 12.7. The van der Waals surface area contributed by atoms with Gasteiger partial charge in [-0.05, 0) is 60.4 Å². The van der Waals surface area contributed by atoms with Crippen molar-refractivity contribution in [2.45, 2.75) is 13.3 Å². The Bertz CT molecular complexity index is 837. The van der Waals surface area contributed by atoms with Crippen LogP contribution < -0.4 is 5.73 Å². The van der Waals surface area contributed by atoms with Crippen molar-refractivity contribution in [2.75, 3.05) is 0 Å². The van der Waals surface area contributed by atoms with E-state index in [-0.39, 0.29) is 11.3 Å². The molecule has 0 atom stereocenters. The average Bonchev–Trinajstić information content (AvgIpc) is 3.04. The SMILES string of the molecule is Cc1cc(O)c(C(N)=O)cc1Cc1ccc(-n2cccn2)cc1. The lowest BCUT2D eigenvalue weighted by atomic mass is 9.97. The fourth-order valence-electron chi connectivity index (χ4n) is 2.53. The molecule has 1 aromatic heterocycles. The van der Waals surface area contributed by atoms with Gasteiger partial charge in [-0.25, -0.2) is 4.68 Å². The van der Waals surface area contributed by atoms with E-state index >= 15 is 0 Å². The normalized spacial score (nSPS) is 10.7. The average molecular weight is 307 g/mol. The van der Waals surface area contributed by atoms with Crippen molar-refractivity contribution < 1.29 is 9.90 Å². The Morgan fingerprint density at radius 2 is 2.00 bits per heavy atom. The molecule has 116 valence electrons. The van der Waals surface area contributed by atoms with E-state index in [0.29, 0.717) is 6.42 Å². The van der Waals surface area contributed by atoms with Gasteiger partial charge in [-0.1, -0.05) is 12.1 Å². The Morgan fingerprint density at radius 3 is 2.61 bits per heavy atom. The fraction of sp³-hybridized carbons (Fsp3) is 0.111. The van der Waals surface area contributed by atoms with E-state index in [1.807, 2.05) is 43.5 Å². The first-order valence-electron chi connectivity index (χ1n) is 7.26. The van der Waals surface area contributed by atoms with Crippen LogP contribution in [-0.4, -0.2) is 20.8 Å². The van der Waals surface area contributed by atoms with E-state index in [1.54, 1.807) is 23.0 Å². The Labute approximate surface area is 134 Å². The molecule has 3 aromatic rings. The minimum Gasteiger partial charge on any atom is -0.507 e. The smallest absolute Gasteiger partial charge is 0.252 e. The third-order valence-corrected chi connectivity index (χ3v) is 3.82. The van der Waals surface area contributed by atoms with E-state index in [1.165, 1.54) is 0 Å². The highest BCUT2D eigenvalue weighted by atomic mass is 16.3. The van der Waals surface area contributed by atoms with Crippen molar-refractivity contribution in [3.8, 4) is 11.4 Å². The highest BCUT2D eigenvalue weighted by Crippen LogP contribution is 2.24. The van der Waals surface area contributed by atoms with Crippen LogP contribution in [0.5, 0.6) is 5.75 Å². The van der Waals surface area contributed by atoms with Gasteiger partial charge in [0.25, 0.3) is 5.91 Å². The van der Waals surface area contributed by atoms with Gasteiger partial charge in [0.1, 0.15) is 5.75 Å². The molecule has 0 spiro atoms. The lowest BCUT2D eigenvalue weighted by Gasteiger charge is -2.10. The van der Waals surface area contributed by atoms with Crippen molar-refractivity contribution in [3.63, 3.8) is 0 Å². The van der Waals surface area contributed by atoms with E-state index in [2.05, 4.69) is 5.10 Å². The summed E-state index contributed by atoms with van der Waals surface area (Å²) in [6.45, 7) is 1.90. The Balaban J connectivity index is 1.87. The number of rotatable bonds is 4. The van der Waals surface area contributed by atoms with Crippen LogP contribution in [0.1, 0.15) is 27.0 Å². The largest absolute Gasteiger partial charge is 0.507 e. The number of carbonyl (C=O) groups is 1. The number of benzene rings is 2. The maximum atomic E-state index is 11.4. The summed E-state index contributed by atoms with van der Waals surface area (Å²) in [5.41, 5.74) is 9.41. The molecule has 2 aromatic carbocycles. The Kier molecular flexibility index (Phi) is 3.85. The second kappa shape index (κ2) is 5.96. The number of aromatic nitrogens is 2. The maximum Gasteiger partial charge on any atom is 0.252 e. The standard InChI is InChI=1S/C18H17N3O2/c1-12-9-17(22)16(18(19)23)11-14(12)10-13-3-5-15(6-4-13)21-8-2-7-20-21/h2-9,11,22H,10H2,1H3,(H2,19,23). The molecule has 3 rings (SSSR count). The van der Waals surface area contributed by atoms with Crippen molar-refractivity contribution in [3.05, 3.63) is 77.1 Å². The van der Waals surface area contributed by atoms with Gasteiger partial charge >= 0.3 is 0 Å². The molecule has 0 bridgehead atoms. The molecule has 0 radical (unpaired) electrons. The molecule has 23 heavy (non-hydrogen) atoms. The van der Waals surface area contributed by atoms with Gasteiger partial charge in [-0.15, -0.1) is 0 Å². The molecule has 3 N–H and O–H groups in total. The molecule has 0 saturated heterocycles. The molecular weight excluding hydrogens is 290 g/mol. The van der Waals surface area contributed by atoms with Crippen molar-refractivity contribution in [2.24, 2.45) is 5.73 Å². The topological polar surface area (TPSA) is 81.1 Å². The minimum absolute atomic E-state index is 0.0761. The van der Waals surface area contributed by atoms with Crippen LogP contribution in [-0.2, 0) is 6.42 Å². The molecule has 0 aliphatic rings. The fourth-order valence-corrected chi connectivity index (χ4v) is 2.53. The summed E-state index contributed by atoms with van der Waals surface area (Å²) in [5.74, 6) is -0.703. The third kappa shape index (κ3) is 3.08. The number of aromatic hydroxyl groups is 1. The number of primary amides is 1. The second-order valence-corrected chi connectivity index (χ2v) is 5.45. The summed E-state index contributed by atoms with van der Waals surface area (Å²) in [5, 5.41) is 14.0. The first-order valence-corrected chi connectivity index (χ1v) is 7.26. The lowest BCUT2D eigenvalue weighted by Crippen LogP contribution is -2.12. The number of nitrogens with zero attached hydrogens (tertiary/aromatic N) is 2. The number of hydrogen-bond acceptors (Lipinski definition) is 3. The van der Waals surface area contributed by atoms with Crippen LogP contribution in [0.25, 0.3) is 5.69 Å². The van der Waals surface area contributed by atoms with Crippen molar-refractivity contribution in [1.29, 1.82) is 0 Å². The highest BCUT2D eigenvalue weighted by Gasteiger charge is 2.11. The number of hydrogen-bond donors (Lipinski definition) is 2. The van der Waals surface area contributed by atoms with Gasteiger partial charge in [0.2, 0.25) is 0 Å². The number of carbonyl (C=O) groups excluding carboxylic acids is 1. The van der Waals surface area contributed by atoms with Crippen molar-refractivity contribution in [1.82, 2.24) is 9.78 Å². The monoisotopic (exact) mass is 307 g/mol. The molecule has 0 saturated carbocycles. The summed E-state index contributed by atoms with van der Waals surface area (Å²) in [7, 11) is 0. The molecule has 1 amide bonds. The maximum absolute atomic E-state index is 11.4. The molecule has 0 unspecified atom stereocenters. The quantitative estimate of drug-likeness (QED) is 0.777. The van der Waals surface area contributed by atoms with Gasteiger partial charge in [0.15, 0.2) is 0 Å². The van der Waals surface area contributed by atoms with Crippen LogP contribution >= 0.6 is 0 Å². The molecule has 0 fully saturated rings. The zero-order chi connectivity index (χ0) is 16.4. The van der Waals surface area contributed by atoms with Crippen LogP contribution in [0.15, 0.2) is 54.9 Å². The predicted molar refractivity (Wildman–Crippen MR) is 87.7 cm³/mol. The minimum atomic E-state index is -0.627. The van der Waals surface area contributed by atoms with E-state index in [9.17, 15) is 9.90 Å². The number of phenols is 1. The van der Waals surface area contributed by atoms with Gasteiger partial charge in [-0.2, -0.15) is 5.10 Å². The predicted octanol–water partition coefficient (Wildman–Crippen LogP) is 2.58. The summed E-state index contributed by atoms with van der Waals surface area (Å²) in [6.07, 6.45) is 4.28.